The van der Waals surface area contributed by atoms with Crippen molar-refractivity contribution in [3.8, 4) is 0 Å². The van der Waals surface area contributed by atoms with Gasteiger partial charge < -0.3 is 10.6 Å². The number of anilines is 1. The predicted molar refractivity (Wildman–Crippen MR) is 90.3 cm³/mol. The number of rotatable bonds is 4. The lowest BCUT2D eigenvalue weighted by Crippen LogP contribution is -2.35. The summed E-state index contributed by atoms with van der Waals surface area (Å²) < 4.78 is 0. The van der Waals surface area contributed by atoms with E-state index >= 15 is 0 Å². The molecule has 1 saturated carbocycles. The predicted octanol–water partition coefficient (Wildman–Crippen LogP) is 4.16. The Morgan fingerprint density at radius 2 is 1.82 bits per heavy atom. The molecular weight excluding hydrogens is 272 g/mol. The normalized spacial score (nSPS) is 15.2. The topological polar surface area (TPSA) is 41.1 Å². The Bertz CT molecular complexity index is 675. The maximum Gasteiger partial charge on any atom is 0.319 e. The highest BCUT2D eigenvalue weighted by molar-refractivity contribution is 5.90. The quantitative estimate of drug-likeness (QED) is 0.873. The molecule has 114 valence electrons. The molecule has 0 aromatic heterocycles. The first-order valence-corrected chi connectivity index (χ1v) is 7.77. The summed E-state index contributed by atoms with van der Waals surface area (Å²) in [4.78, 5) is 12.2. The Morgan fingerprint density at radius 1 is 1.09 bits per heavy atom. The molecule has 0 unspecified atom stereocenters. The molecule has 0 aliphatic heterocycles. The van der Waals surface area contributed by atoms with Gasteiger partial charge in [-0.05, 0) is 49.4 Å². The Balaban J connectivity index is 1.60. The lowest BCUT2D eigenvalue weighted by Gasteiger charge is -2.17. The molecule has 0 atom stereocenters. The minimum absolute atomic E-state index is 0.129. The van der Waals surface area contributed by atoms with Crippen LogP contribution in [0.15, 0.2) is 48.5 Å². The van der Waals surface area contributed by atoms with Gasteiger partial charge in [-0.2, -0.15) is 0 Å². The fourth-order valence-electron chi connectivity index (χ4n) is 2.80. The van der Waals surface area contributed by atoms with Crippen LogP contribution in [-0.2, 0) is 5.41 Å². The first kappa shape index (κ1) is 14.6. The van der Waals surface area contributed by atoms with Crippen molar-refractivity contribution in [3.05, 3.63) is 65.2 Å². The van der Waals surface area contributed by atoms with Crippen molar-refractivity contribution >= 4 is 11.7 Å². The van der Waals surface area contributed by atoms with Crippen LogP contribution in [0.1, 0.15) is 29.5 Å². The number of hydrogen-bond donors (Lipinski definition) is 2. The zero-order valence-corrected chi connectivity index (χ0v) is 13.1. The Labute approximate surface area is 131 Å². The summed E-state index contributed by atoms with van der Waals surface area (Å²) in [5.74, 6) is 0. The van der Waals surface area contributed by atoms with E-state index in [-0.39, 0.29) is 11.4 Å². The lowest BCUT2D eigenvalue weighted by atomic mass is 9.96. The maximum absolute atomic E-state index is 12.2. The Morgan fingerprint density at radius 3 is 2.50 bits per heavy atom. The SMILES string of the molecule is Cc1ccc(C)c(NC(=O)NCC2(c3ccccc3)CC2)c1. The third kappa shape index (κ3) is 3.14. The molecule has 2 aromatic rings. The Kier molecular flexibility index (Phi) is 3.88. The number of hydrogen-bond acceptors (Lipinski definition) is 1. The average molecular weight is 294 g/mol. The minimum Gasteiger partial charge on any atom is -0.337 e. The zero-order valence-electron chi connectivity index (χ0n) is 13.1. The highest BCUT2D eigenvalue weighted by atomic mass is 16.2. The molecule has 1 aliphatic carbocycles. The molecule has 0 radical (unpaired) electrons. The summed E-state index contributed by atoms with van der Waals surface area (Å²) in [5.41, 5.74) is 4.55. The van der Waals surface area contributed by atoms with Gasteiger partial charge >= 0.3 is 6.03 Å². The van der Waals surface area contributed by atoms with Crippen LogP contribution in [0.3, 0.4) is 0 Å². The van der Waals surface area contributed by atoms with E-state index in [1.807, 2.05) is 38.1 Å². The average Bonchev–Trinajstić information content (AvgIpc) is 3.31. The van der Waals surface area contributed by atoms with Gasteiger partial charge in [0.2, 0.25) is 0 Å². The summed E-state index contributed by atoms with van der Waals surface area (Å²) in [6.07, 6.45) is 2.28. The van der Waals surface area contributed by atoms with E-state index in [9.17, 15) is 4.79 Å². The fraction of sp³-hybridized carbons (Fsp3) is 0.316. The molecule has 2 N–H and O–H groups in total. The van der Waals surface area contributed by atoms with E-state index in [1.165, 1.54) is 5.56 Å². The van der Waals surface area contributed by atoms with Crippen LogP contribution >= 0.6 is 0 Å². The largest absolute Gasteiger partial charge is 0.337 e. The zero-order chi connectivity index (χ0) is 15.6. The molecule has 0 saturated heterocycles. The lowest BCUT2D eigenvalue weighted by molar-refractivity contribution is 0.251. The van der Waals surface area contributed by atoms with Gasteiger partial charge in [-0.1, -0.05) is 42.5 Å². The van der Waals surface area contributed by atoms with Crippen LogP contribution in [0.25, 0.3) is 0 Å². The molecule has 22 heavy (non-hydrogen) atoms. The van der Waals surface area contributed by atoms with Crippen molar-refractivity contribution in [2.24, 2.45) is 0 Å². The molecule has 0 heterocycles. The molecular formula is C19H22N2O. The second-order valence-electron chi connectivity index (χ2n) is 6.27. The number of carbonyl (C=O) groups is 1. The van der Waals surface area contributed by atoms with E-state index in [1.54, 1.807) is 0 Å². The molecule has 3 nitrogen and oxygen atoms in total. The van der Waals surface area contributed by atoms with E-state index in [0.717, 1.165) is 29.7 Å². The van der Waals surface area contributed by atoms with Crippen LogP contribution in [-0.4, -0.2) is 12.6 Å². The third-order valence-corrected chi connectivity index (χ3v) is 4.47. The van der Waals surface area contributed by atoms with Gasteiger partial charge in [0.25, 0.3) is 0 Å². The van der Waals surface area contributed by atoms with Crippen LogP contribution in [0.2, 0.25) is 0 Å². The van der Waals surface area contributed by atoms with Gasteiger partial charge in [-0.3, -0.25) is 0 Å². The number of amides is 2. The van der Waals surface area contributed by atoms with Crippen LogP contribution in [0.4, 0.5) is 10.5 Å². The van der Waals surface area contributed by atoms with E-state index in [4.69, 9.17) is 0 Å². The van der Waals surface area contributed by atoms with Crippen molar-refractivity contribution < 1.29 is 4.79 Å². The number of nitrogens with one attached hydrogen (secondary N) is 2. The fourth-order valence-corrected chi connectivity index (χ4v) is 2.80. The number of carbonyl (C=O) groups excluding carboxylic acids is 1. The van der Waals surface area contributed by atoms with Gasteiger partial charge in [0.05, 0.1) is 0 Å². The van der Waals surface area contributed by atoms with Crippen molar-refractivity contribution in [1.29, 1.82) is 0 Å². The van der Waals surface area contributed by atoms with Crippen LogP contribution in [0.5, 0.6) is 0 Å². The summed E-state index contributed by atoms with van der Waals surface area (Å²) in [6, 6.07) is 16.4. The number of benzene rings is 2. The highest BCUT2D eigenvalue weighted by Gasteiger charge is 2.44. The number of aryl methyl sites for hydroxylation is 2. The molecule has 0 spiro atoms. The van der Waals surface area contributed by atoms with Crippen molar-refractivity contribution in [2.45, 2.75) is 32.1 Å². The van der Waals surface area contributed by atoms with Gasteiger partial charge in [0.15, 0.2) is 0 Å². The molecule has 3 heteroatoms. The number of urea groups is 1. The van der Waals surface area contributed by atoms with Gasteiger partial charge in [0, 0.05) is 17.6 Å². The Hall–Kier alpha value is -2.29. The molecule has 2 aromatic carbocycles. The van der Waals surface area contributed by atoms with Gasteiger partial charge in [0.1, 0.15) is 0 Å². The second kappa shape index (κ2) is 5.84. The van der Waals surface area contributed by atoms with Crippen LogP contribution < -0.4 is 10.6 Å². The van der Waals surface area contributed by atoms with E-state index < -0.39 is 0 Å². The van der Waals surface area contributed by atoms with Gasteiger partial charge in [-0.25, -0.2) is 4.79 Å². The van der Waals surface area contributed by atoms with Crippen LogP contribution in [0, 0.1) is 13.8 Å². The third-order valence-electron chi connectivity index (χ3n) is 4.47. The first-order valence-electron chi connectivity index (χ1n) is 7.77. The molecule has 3 rings (SSSR count). The summed E-state index contributed by atoms with van der Waals surface area (Å²) in [7, 11) is 0. The standard InChI is InChI=1S/C19H22N2O/c1-14-8-9-15(2)17(12-14)21-18(22)20-13-19(10-11-19)16-6-4-3-5-7-16/h3-9,12H,10-11,13H2,1-2H3,(H2,20,21,22). The molecule has 1 aliphatic rings. The maximum atomic E-state index is 12.2. The van der Waals surface area contributed by atoms with Crippen molar-refractivity contribution in [3.63, 3.8) is 0 Å². The minimum atomic E-state index is -0.129. The molecule has 0 bridgehead atoms. The second-order valence-corrected chi connectivity index (χ2v) is 6.27. The molecule has 1 fully saturated rings. The first-order chi connectivity index (χ1) is 10.6. The van der Waals surface area contributed by atoms with Crippen molar-refractivity contribution in [2.75, 3.05) is 11.9 Å². The monoisotopic (exact) mass is 294 g/mol. The van der Waals surface area contributed by atoms with E-state index in [2.05, 4.69) is 34.9 Å². The van der Waals surface area contributed by atoms with E-state index in [0.29, 0.717) is 6.54 Å². The smallest absolute Gasteiger partial charge is 0.319 e. The highest BCUT2D eigenvalue weighted by Crippen LogP contribution is 2.47. The van der Waals surface area contributed by atoms with Gasteiger partial charge in [-0.15, -0.1) is 0 Å². The summed E-state index contributed by atoms with van der Waals surface area (Å²) in [5, 5.41) is 5.98. The van der Waals surface area contributed by atoms with Crippen molar-refractivity contribution in [1.82, 2.24) is 5.32 Å². The summed E-state index contributed by atoms with van der Waals surface area (Å²) in [6.45, 7) is 4.71. The molecule has 2 amide bonds. The summed E-state index contributed by atoms with van der Waals surface area (Å²) >= 11 is 0.